The van der Waals surface area contributed by atoms with Crippen molar-refractivity contribution < 1.29 is 14.3 Å². The Bertz CT molecular complexity index is 1260. The Morgan fingerprint density at radius 1 is 1.03 bits per heavy atom. The molecule has 0 radical (unpaired) electrons. The predicted octanol–water partition coefficient (Wildman–Crippen LogP) is 5.03. The summed E-state index contributed by atoms with van der Waals surface area (Å²) in [7, 11) is 1.61. The van der Waals surface area contributed by atoms with E-state index in [1.54, 1.807) is 7.11 Å². The second-order valence-corrected chi connectivity index (χ2v) is 7.64. The Labute approximate surface area is 187 Å². The molecule has 0 aliphatic rings. The zero-order chi connectivity index (χ0) is 22.7. The van der Waals surface area contributed by atoms with Crippen molar-refractivity contribution in [2.75, 3.05) is 12.4 Å². The molecule has 164 valence electrons. The number of rotatable bonds is 7. The number of benzene rings is 2. The third kappa shape index (κ3) is 4.56. The maximum Gasteiger partial charge on any atom is 0.224 e. The smallest absolute Gasteiger partial charge is 0.224 e. The van der Waals surface area contributed by atoms with Crippen LogP contribution in [-0.2, 0) is 11.2 Å². The lowest BCUT2D eigenvalue weighted by Gasteiger charge is -2.12. The van der Waals surface area contributed by atoms with Gasteiger partial charge in [0.2, 0.25) is 5.91 Å². The summed E-state index contributed by atoms with van der Waals surface area (Å²) in [4.78, 5) is 17.2. The average molecular weight is 431 g/mol. The highest BCUT2D eigenvalue weighted by atomic mass is 16.5. The summed E-state index contributed by atoms with van der Waals surface area (Å²) in [5.74, 6) is 1.90. The number of nitrogens with one attached hydrogen (secondary N) is 1. The lowest BCUT2D eigenvalue weighted by molar-refractivity contribution is -0.116. The van der Waals surface area contributed by atoms with Gasteiger partial charge in [-0.2, -0.15) is 5.10 Å². The lowest BCUT2D eigenvalue weighted by Crippen LogP contribution is -2.14. The van der Waals surface area contributed by atoms with E-state index in [2.05, 4.69) is 15.4 Å². The molecule has 0 fully saturated rings. The first-order valence-electron chi connectivity index (χ1n) is 10.5. The van der Waals surface area contributed by atoms with Crippen LogP contribution in [0.1, 0.15) is 29.1 Å². The molecule has 0 atom stereocenters. The number of fused-ring (bicyclic) bond motifs is 1. The van der Waals surface area contributed by atoms with Crippen molar-refractivity contribution in [1.82, 2.24) is 14.6 Å². The monoisotopic (exact) mass is 430 g/mol. The van der Waals surface area contributed by atoms with Gasteiger partial charge in [0, 0.05) is 29.6 Å². The summed E-state index contributed by atoms with van der Waals surface area (Å²) < 4.78 is 13.0. The number of hydrogen-bond donors (Lipinski definition) is 1. The molecular weight excluding hydrogens is 404 g/mol. The van der Waals surface area contributed by atoms with Crippen LogP contribution < -0.4 is 14.8 Å². The third-order valence-electron chi connectivity index (χ3n) is 5.32. The van der Waals surface area contributed by atoms with Gasteiger partial charge < -0.3 is 14.8 Å². The minimum Gasteiger partial charge on any atom is -0.493 e. The largest absolute Gasteiger partial charge is 0.493 e. The molecule has 2 heterocycles. The van der Waals surface area contributed by atoms with Crippen LogP contribution in [0.25, 0.3) is 5.65 Å². The van der Waals surface area contributed by atoms with Gasteiger partial charge in [-0.05, 0) is 69.2 Å². The molecule has 0 saturated carbocycles. The van der Waals surface area contributed by atoms with Crippen molar-refractivity contribution in [2.24, 2.45) is 0 Å². The summed E-state index contributed by atoms with van der Waals surface area (Å²) in [5.41, 5.74) is 5.48. The van der Waals surface area contributed by atoms with E-state index in [1.807, 2.05) is 79.9 Å². The van der Waals surface area contributed by atoms with E-state index in [-0.39, 0.29) is 5.91 Å². The average Bonchev–Trinajstić information content (AvgIpc) is 3.15. The number of para-hydroxylation sites is 2. The molecule has 4 aromatic rings. The molecule has 1 amide bonds. The fourth-order valence-corrected chi connectivity index (χ4v) is 3.70. The Morgan fingerprint density at radius 3 is 2.47 bits per heavy atom. The number of ether oxygens (including phenoxy) is 2. The molecule has 4 rings (SSSR count). The van der Waals surface area contributed by atoms with Crippen LogP contribution in [0.2, 0.25) is 0 Å². The number of amides is 1. The van der Waals surface area contributed by atoms with E-state index in [0.29, 0.717) is 35.8 Å². The summed E-state index contributed by atoms with van der Waals surface area (Å²) in [6.45, 7) is 5.94. The Kier molecular flexibility index (Phi) is 6.07. The van der Waals surface area contributed by atoms with Gasteiger partial charge in [0.15, 0.2) is 17.1 Å². The fourth-order valence-electron chi connectivity index (χ4n) is 3.70. The molecule has 0 unspecified atom stereocenters. The van der Waals surface area contributed by atoms with Crippen molar-refractivity contribution in [1.29, 1.82) is 0 Å². The van der Waals surface area contributed by atoms with E-state index in [0.717, 1.165) is 28.3 Å². The van der Waals surface area contributed by atoms with Gasteiger partial charge in [-0.3, -0.25) is 4.79 Å². The number of aryl methyl sites for hydroxylation is 3. The number of nitrogens with zero attached hydrogens (tertiary/aromatic N) is 3. The zero-order valence-corrected chi connectivity index (χ0v) is 18.7. The minimum absolute atomic E-state index is 0.0565. The number of carbonyl (C=O) groups is 1. The van der Waals surface area contributed by atoms with E-state index in [1.165, 1.54) is 0 Å². The topological polar surface area (TPSA) is 77.8 Å². The van der Waals surface area contributed by atoms with Gasteiger partial charge in [-0.1, -0.05) is 12.1 Å². The normalized spacial score (nSPS) is 10.9. The van der Waals surface area contributed by atoms with Gasteiger partial charge in [-0.25, -0.2) is 9.50 Å². The third-order valence-corrected chi connectivity index (χ3v) is 5.32. The maximum absolute atomic E-state index is 12.5. The molecule has 32 heavy (non-hydrogen) atoms. The number of anilines is 1. The van der Waals surface area contributed by atoms with Crippen LogP contribution in [0.15, 0.2) is 54.6 Å². The Morgan fingerprint density at radius 2 is 1.75 bits per heavy atom. The van der Waals surface area contributed by atoms with Crippen molar-refractivity contribution in [3.8, 4) is 17.2 Å². The first-order chi connectivity index (χ1) is 15.4. The highest BCUT2D eigenvalue weighted by molar-refractivity contribution is 5.90. The Balaban J connectivity index is 1.38. The fraction of sp³-hybridized carbons (Fsp3) is 0.240. The molecule has 0 spiro atoms. The van der Waals surface area contributed by atoms with Crippen LogP contribution in [0.4, 0.5) is 5.69 Å². The number of aromatic nitrogens is 3. The molecule has 0 bridgehead atoms. The van der Waals surface area contributed by atoms with Crippen molar-refractivity contribution >= 4 is 17.2 Å². The summed E-state index contributed by atoms with van der Waals surface area (Å²) >= 11 is 0. The number of methoxy groups -OCH3 is 1. The lowest BCUT2D eigenvalue weighted by atomic mass is 10.1. The van der Waals surface area contributed by atoms with Crippen molar-refractivity contribution in [3.05, 3.63) is 77.2 Å². The van der Waals surface area contributed by atoms with Gasteiger partial charge in [0.25, 0.3) is 0 Å². The molecule has 1 N–H and O–H groups in total. The van der Waals surface area contributed by atoms with E-state index in [4.69, 9.17) is 9.47 Å². The van der Waals surface area contributed by atoms with Crippen LogP contribution in [0.3, 0.4) is 0 Å². The van der Waals surface area contributed by atoms with Crippen LogP contribution >= 0.6 is 0 Å². The molecule has 2 aromatic carbocycles. The van der Waals surface area contributed by atoms with Gasteiger partial charge in [-0.15, -0.1) is 0 Å². The maximum atomic E-state index is 12.5. The zero-order valence-electron chi connectivity index (χ0n) is 18.7. The highest BCUT2D eigenvalue weighted by Gasteiger charge is 2.13. The first-order valence-corrected chi connectivity index (χ1v) is 10.5. The molecule has 2 aromatic heterocycles. The van der Waals surface area contributed by atoms with Gasteiger partial charge in [0.05, 0.1) is 12.8 Å². The number of hydrogen-bond acceptors (Lipinski definition) is 5. The molecule has 7 nitrogen and oxygen atoms in total. The van der Waals surface area contributed by atoms with Crippen LogP contribution in [-0.4, -0.2) is 27.6 Å². The summed E-state index contributed by atoms with van der Waals surface area (Å²) in [5, 5.41) is 7.44. The molecule has 0 aliphatic carbocycles. The molecule has 0 aliphatic heterocycles. The minimum atomic E-state index is -0.0565. The highest BCUT2D eigenvalue weighted by Crippen LogP contribution is 2.31. The SMILES string of the molecule is COc1ccccc1Oc1ccc(NC(=O)CCc2c(C)nc3cc(C)nn3c2C)cc1. The van der Waals surface area contributed by atoms with E-state index in [9.17, 15) is 4.79 Å². The molecular formula is C25H26N4O3. The van der Waals surface area contributed by atoms with Crippen molar-refractivity contribution in [2.45, 2.75) is 33.6 Å². The Hall–Kier alpha value is -3.87. The second kappa shape index (κ2) is 9.09. The molecule has 0 saturated heterocycles. The summed E-state index contributed by atoms with van der Waals surface area (Å²) in [6.07, 6.45) is 0.953. The number of carbonyl (C=O) groups excluding carboxylic acids is 1. The summed E-state index contributed by atoms with van der Waals surface area (Å²) in [6, 6.07) is 16.7. The van der Waals surface area contributed by atoms with Crippen LogP contribution in [0, 0.1) is 20.8 Å². The quantitative estimate of drug-likeness (QED) is 0.445. The first kappa shape index (κ1) is 21.4. The molecule has 7 heteroatoms. The van der Waals surface area contributed by atoms with Gasteiger partial charge in [0.1, 0.15) is 5.75 Å². The van der Waals surface area contributed by atoms with Crippen molar-refractivity contribution in [3.63, 3.8) is 0 Å². The van der Waals surface area contributed by atoms with Crippen LogP contribution in [0.5, 0.6) is 17.2 Å². The van der Waals surface area contributed by atoms with E-state index >= 15 is 0 Å². The van der Waals surface area contributed by atoms with Gasteiger partial charge >= 0.3 is 0 Å². The predicted molar refractivity (Wildman–Crippen MR) is 124 cm³/mol. The van der Waals surface area contributed by atoms with E-state index < -0.39 is 0 Å². The standard InChI is InChI=1S/C25H26N4O3/c1-16-15-24-26-17(2)21(18(3)29(24)28-16)13-14-25(30)27-19-9-11-20(12-10-19)32-23-8-6-5-7-22(23)31-4/h5-12,15H,13-14H2,1-4H3,(H,27,30). The second-order valence-electron chi connectivity index (χ2n) is 7.64.